The van der Waals surface area contributed by atoms with E-state index in [1.165, 1.54) is 51.4 Å². The smallest absolute Gasteiger partial charge is 1.00 e. The Kier molecular flexibility index (Phi) is 26.3. The quantitative estimate of drug-likeness (QED) is 0.268. The molecule has 0 aliphatic carbocycles. The second-order valence-electron chi connectivity index (χ2n) is 6.70. The molecule has 0 saturated heterocycles. The Morgan fingerprint density at radius 3 is 1.69 bits per heavy atom. The summed E-state index contributed by atoms with van der Waals surface area (Å²) >= 11 is 0. The van der Waals surface area contributed by atoms with E-state index in [9.17, 15) is 4.79 Å². The van der Waals surface area contributed by atoms with Crippen molar-refractivity contribution in [2.75, 3.05) is 6.54 Å². The number of carbonyl (C=O) groups excluding carboxylic acids is 1. The molecule has 0 fully saturated rings. The van der Waals surface area contributed by atoms with E-state index in [0.717, 1.165) is 45.1 Å². The predicted molar refractivity (Wildman–Crippen MR) is 110 cm³/mol. The van der Waals surface area contributed by atoms with Gasteiger partial charge in [-0.05, 0) is 38.0 Å². The Balaban J connectivity index is -0.00000288. The maximum absolute atomic E-state index is 11.3. The van der Waals surface area contributed by atoms with Crippen LogP contribution < -0.4 is 34.9 Å². The molecule has 3 heteroatoms. The zero-order valence-electron chi connectivity index (χ0n) is 18.7. The molecule has 0 unspecified atom stereocenters. The summed E-state index contributed by atoms with van der Waals surface area (Å²) < 4.78 is 0. The largest absolute Gasteiger partial charge is 1.00 e. The summed E-state index contributed by atoms with van der Waals surface area (Å²) in [6.07, 6.45) is 17.7. The van der Waals surface area contributed by atoms with Crippen molar-refractivity contribution in [3.63, 3.8) is 0 Å². The van der Waals surface area contributed by atoms with Crippen molar-refractivity contribution in [1.29, 1.82) is 0 Å². The van der Waals surface area contributed by atoms with E-state index in [1.807, 2.05) is 6.92 Å². The van der Waals surface area contributed by atoms with Crippen molar-refractivity contribution in [3.8, 4) is 23.7 Å². The van der Waals surface area contributed by atoms with E-state index in [2.05, 4.69) is 35.9 Å². The minimum atomic E-state index is 0. The van der Waals surface area contributed by atoms with Crippen LogP contribution in [0.1, 0.15) is 112 Å². The second kappa shape index (κ2) is 24.6. The van der Waals surface area contributed by atoms with Crippen molar-refractivity contribution in [2.45, 2.75) is 110 Å². The summed E-state index contributed by atoms with van der Waals surface area (Å²) in [6.45, 7) is 4.95. The maximum atomic E-state index is 11.3. The molecule has 0 heterocycles. The van der Waals surface area contributed by atoms with Crippen LogP contribution in [0, 0.1) is 23.7 Å². The van der Waals surface area contributed by atoms with Gasteiger partial charge in [0.15, 0.2) is 0 Å². The van der Waals surface area contributed by atoms with Gasteiger partial charge in [-0.1, -0.05) is 76.6 Å². The van der Waals surface area contributed by atoms with Gasteiger partial charge in [-0.25, -0.2) is 0 Å². The minimum absolute atomic E-state index is 0. The standard InChI is InChI=1S/C23H39NO.Na.H/c1-3-5-6-7-8-9-10-11-12-13-14-15-16-17-18-19-20-21-22-23(25)24-4-2;;/h3-12,17-22H2,1-2H3,(H,24,25);;/q;+1;-1. The number of nitrogens with one attached hydrogen (secondary N) is 1. The Hall–Kier alpha value is -0.410. The summed E-state index contributed by atoms with van der Waals surface area (Å²) in [5, 5.41) is 2.83. The van der Waals surface area contributed by atoms with Crippen LogP contribution >= 0.6 is 0 Å². The van der Waals surface area contributed by atoms with Crippen molar-refractivity contribution < 1.29 is 35.8 Å². The molecule has 2 nitrogen and oxygen atoms in total. The normalized spacial score (nSPS) is 9.31. The summed E-state index contributed by atoms with van der Waals surface area (Å²) in [5.74, 6) is 12.4. The van der Waals surface area contributed by atoms with Crippen LogP contribution in [0.4, 0.5) is 0 Å². The number of unbranched alkanes of at least 4 members (excludes halogenated alkanes) is 12. The van der Waals surface area contributed by atoms with Gasteiger partial charge in [0.2, 0.25) is 5.91 Å². The van der Waals surface area contributed by atoms with Gasteiger partial charge in [0.05, 0.1) is 0 Å². The maximum Gasteiger partial charge on any atom is 1.00 e. The summed E-state index contributed by atoms with van der Waals surface area (Å²) in [7, 11) is 0. The molecule has 0 aliphatic heterocycles. The summed E-state index contributed by atoms with van der Waals surface area (Å²) in [6, 6.07) is 0. The first-order valence-electron chi connectivity index (χ1n) is 10.5. The van der Waals surface area contributed by atoms with Gasteiger partial charge in [-0.15, -0.1) is 0 Å². The Labute approximate surface area is 186 Å². The fourth-order valence-electron chi connectivity index (χ4n) is 2.70. The topological polar surface area (TPSA) is 29.1 Å². The SMILES string of the molecule is CCCCCCCCCCC#CC#CCCCCCCC(=O)NCC.[H-].[Na+]. The fourth-order valence-corrected chi connectivity index (χ4v) is 2.70. The first-order chi connectivity index (χ1) is 12.3. The Morgan fingerprint density at radius 2 is 1.19 bits per heavy atom. The molecule has 0 spiro atoms. The number of amides is 1. The zero-order chi connectivity index (χ0) is 18.4. The van der Waals surface area contributed by atoms with E-state index in [-0.39, 0.29) is 36.9 Å². The third kappa shape index (κ3) is 23.6. The minimum Gasteiger partial charge on any atom is -1.00 e. The molecule has 1 N–H and O–H groups in total. The molecule has 26 heavy (non-hydrogen) atoms. The number of hydrogen-bond acceptors (Lipinski definition) is 1. The molecule has 0 aliphatic rings. The van der Waals surface area contributed by atoms with E-state index in [1.54, 1.807) is 0 Å². The third-order valence-electron chi connectivity index (χ3n) is 4.22. The van der Waals surface area contributed by atoms with Gasteiger partial charge in [0.25, 0.3) is 0 Å². The van der Waals surface area contributed by atoms with Gasteiger partial charge in [0.1, 0.15) is 0 Å². The summed E-state index contributed by atoms with van der Waals surface area (Å²) in [4.78, 5) is 11.3. The third-order valence-corrected chi connectivity index (χ3v) is 4.22. The molecule has 0 radical (unpaired) electrons. The zero-order valence-corrected chi connectivity index (χ0v) is 19.7. The van der Waals surface area contributed by atoms with Crippen LogP contribution in [0.5, 0.6) is 0 Å². The van der Waals surface area contributed by atoms with Crippen LogP contribution in [0.3, 0.4) is 0 Å². The molecule has 144 valence electrons. The average molecular weight is 370 g/mol. The van der Waals surface area contributed by atoms with E-state index in [4.69, 9.17) is 0 Å². The second-order valence-corrected chi connectivity index (χ2v) is 6.70. The van der Waals surface area contributed by atoms with Crippen molar-refractivity contribution in [2.24, 2.45) is 0 Å². The van der Waals surface area contributed by atoms with E-state index >= 15 is 0 Å². The van der Waals surface area contributed by atoms with Crippen LogP contribution in [-0.4, -0.2) is 12.5 Å². The molecule has 0 atom stereocenters. The van der Waals surface area contributed by atoms with Gasteiger partial charge in [0, 0.05) is 25.8 Å². The number of hydrogen-bond donors (Lipinski definition) is 1. The Bertz CT molecular complexity index is 431. The molecule has 0 bridgehead atoms. The van der Waals surface area contributed by atoms with Gasteiger partial charge >= 0.3 is 29.6 Å². The monoisotopic (exact) mass is 369 g/mol. The summed E-state index contributed by atoms with van der Waals surface area (Å²) in [5.41, 5.74) is 0. The molecular weight excluding hydrogens is 329 g/mol. The molecule has 0 rings (SSSR count). The van der Waals surface area contributed by atoms with Gasteiger partial charge in [-0.3, -0.25) is 4.79 Å². The fraction of sp³-hybridized carbons (Fsp3) is 0.783. The van der Waals surface area contributed by atoms with Crippen molar-refractivity contribution in [3.05, 3.63) is 0 Å². The predicted octanol–water partition coefficient (Wildman–Crippen LogP) is 3.12. The first-order valence-corrected chi connectivity index (χ1v) is 10.5. The molecule has 0 aromatic carbocycles. The number of rotatable bonds is 15. The van der Waals surface area contributed by atoms with E-state index in [0.29, 0.717) is 6.42 Å². The van der Waals surface area contributed by atoms with Crippen molar-refractivity contribution in [1.82, 2.24) is 5.32 Å². The average Bonchev–Trinajstić information content (AvgIpc) is 2.61. The Morgan fingerprint density at radius 1 is 0.731 bits per heavy atom. The van der Waals surface area contributed by atoms with E-state index < -0.39 is 0 Å². The van der Waals surface area contributed by atoms with Gasteiger partial charge < -0.3 is 6.74 Å². The first kappa shape index (κ1) is 27.8. The molecule has 0 saturated carbocycles. The van der Waals surface area contributed by atoms with Gasteiger partial charge in [-0.2, -0.15) is 0 Å². The molecular formula is C23H40NNaO. The van der Waals surface area contributed by atoms with Crippen LogP contribution in [-0.2, 0) is 4.79 Å². The van der Waals surface area contributed by atoms with Crippen LogP contribution in [0.25, 0.3) is 0 Å². The van der Waals surface area contributed by atoms with Crippen LogP contribution in [0.15, 0.2) is 0 Å². The van der Waals surface area contributed by atoms with Crippen LogP contribution in [0.2, 0.25) is 0 Å². The molecule has 0 aromatic heterocycles. The molecule has 1 amide bonds. The van der Waals surface area contributed by atoms with Crippen molar-refractivity contribution >= 4 is 5.91 Å². The molecule has 0 aromatic rings. The number of carbonyl (C=O) groups is 1.